The van der Waals surface area contributed by atoms with E-state index in [1.165, 1.54) is 6.20 Å². The summed E-state index contributed by atoms with van der Waals surface area (Å²) in [6.07, 6.45) is 5.85. The molecule has 0 amide bonds. The molecule has 2 N–H and O–H groups in total. The Morgan fingerprint density at radius 3 is 2.88 bits per heavy atom. The van der Waals surface area contributed by atoms with Gasteiger partial charge in [0.15, 0.2) is 5.82 Å². The van der Waals surface area contributed by atoms with Crippen molar-refractivity contribution < 1.29 is 4.79 Å². The Hall–Kier alpha value is -2.17. The van der Waals surface area contributed by atoms with Crippen molar-refractivity contribution in [3.8, 4) is 0 Å². The first-order valence-corrected chi connectivity index (χ1v) is 5.49. The number of rotatable bonds is 4. The maximum absolute atomic E-state index is 12.1. The molecule has 2 aromatic heterocycles. The molecule has 0 spiro atoms. The lowest BCUT2D eigenvalue weighted by molar-refractivity contribution is 0.102. The lowest BCUT2D eigenvalue weighted by atomic mass is 10.2. The number of hydrogen-bond donors (Lipinski definition) is 1. The Labute approximate surface area is 99.3 Å². The van der Waals surface area contributed by atoms with E-state index in [-0.39, 0.29) is 5.78 Å². The summed E-state index contributed by atoms with van der Waals surface area (Å²) in [4.78, 5) is 20.2. The number of aryl methyl sites for hydroxylation is 1. The summed E-state index contributed by atoms with van der Waals surface area (Å²) >= 11 is 0. The van der Waals surface area contributed by atoms with Gasteiger partial charge in [-0.1, -0.05) is 6.92 Å². The normalized spacial score (nSPS) is 10.4. The van der Waals surface area contributed by atoms with Gasteiger partial charge in [0.1, 0.15) is 5.69 Å². The molecule has 5 nitrogen and oxygen atoms in total. The zero-order chi connectivity index (χ0) is 12.3. The van der Waals surface area contributed by atoms with Crippen molar-refractivity contribution in [3.63, 3.8) is 0 Å². The van der Waals surface area contributed by atoms with Crippen molar-refractivity contribution in [2.24, 2.45) is 0 Å². The second kappa shape index (κ2) is 4.78. The van der Waals surface area contributed by atoms with Gasteiger partial charge in [-0.15, -0.1) is 0 Å². The third-order valence-corrected chi connectivity index (χ3v) is 2.40. The molecule has 2 rings (SSSR count). The van der Waals surface area contributed by atoms with E-state index in [0.717, 1.165) is 13.0 Å². The number of anilines is 1. The molecule has 0 radical (unpaired) electrons. The van der Waals surface area contributed by atoms with Crippen LogP contribution in [0.2, 0.25) is 0 Å². The number of nitrogens with zero attached hydrogens (tertiary/aromatic N) is 3. The highest BCUT2D eigenvalue weighted by Crippen LogP contribution is 2.08. The molecule has 0 aliphatic heterocycles. The summed E-state index contributed by atoms with van der Waals surface area (Å²) in [6.45, 7) is 2.83. The molecule has 0 aromatic carbocycles. The van der Waals surface area contributed by atoms with Gasteiger partial charge < -0.3 is 10.3 Å². The molecule has 0 aliphatic carbocycles. The number of imidazole rings is 1. The highest BCUT2D eigenvalue weighted by Gasteiger charge is 2.15. The summed E-state index contributed by atoms with van der Waals surface area (Å²) in [7, 11) is 0. The fourth-order valence-corrected chi connectivity index (χ4v) is 1.59. The van der Waals surface area contributed by atoms with Crippen LogP contribution in [0, 0.1) is 0 Å². The largest absolute Gasteiger partial charge is 0.397 e. The quantitative estimate of drug-likeness (QED) is 0.808. The molecule has 5 heteroatoms. The van der Waals surface area contributed by atoms with Crippen LogP contribution in [0.3, 0.4) is 0 Å². The van der Waals surface area contributed by atoms with E-state index in [4.69, 9.17) is 5.73 Å². The molecule has 2 heterocycles. The van der Waals surface area contributed by atoms with Gasteiger partial charge in [0.25, 0.3) is 0 Å². The van der Waals surface area contributed by atoms with Crippen molar-refractivity contribution in [3.05, 3.63) is 42.2 Å². The zero-order valence-corrected chi connectivity index (χ0v) is 9.63. The van der Waals surface area contributed by atoms with E-state index in [9.17, 15) is 4.79 Å². The van der Waals surface area contributed by atoms with Gasteiger partial charge in [0, 0.05) is 18.9 Å². The van der Waals surface area contributed by atoms with E-state index < -0.39 is 0 Å². The van der Waals surface area contributed by atoms with Crippen LogP contribution in [0.25, 0.3) is 0 Å². The van der Waals surface area contributed by atoms with Gasteiger partial charge in [-0.25, -0.2) is 4.98 Å². The number of ketones is 1. The molecular formula is C12H14N4O. The molecular weight excluding hydrogens is 216 g/mol. The van der Waals surface area contributed by atoms with Crippen LogP contribution in [-0.4, -0.2) is 20.3 Å². The third-order valence-electron chi connectivity index (χ3n) is 2.40. The van der Waals surface area contributed by atoms with Crippen LogP contribution in [0.1, 0.15) is 29.7 Å². The van der Waals surface area contributed by atoms with Crippen LogP contribution in [0.4, 0.5) is 5.69 Å². The molecule has 0 unspecified atom stereocenters. The first-order chi connectivity index (χ1) is 8.22. The SMILES string of the molecule is CCCn1ccnc1C(=O)c1ccc(N)cn1. The summed E-state index contributed by atoms with van der Waals surface area (Å²) in [5.74, 6) is 0.243. The first-order valence-electron chi connectivity index (χ1n) is 5.49. The van der Waals surface area contributed by atoms with Crippen molar-refractivity contribution in [1.29, 1.82) is 0 Å². The minimum absolute atomic E-state index is 0.177. The Bertz CT molecular complexity index is 516. The molecule has 0 fully saturated rings. The van der Waals surface area contributed by atoms with Crippen LogP contribution in [0.15, 0.2) is 30.7 Å². The van der Waals surface area contributed by atoms with Crippen molar-refractivity contribution in [1.82, 2.24) is 14.5 Å². The molecule has 2 aromatic rings. The lowest BCUT2D eigenvalue weighted by Gasteiger charge is -2.04. The predicted octanol–water partition coefficient (Wildman–Crippen LogP) is 1.50. The molecule has 0 saturated heterocycles. The number of pyridine rings is 1. The topological polar surface area (TPSA) is 73.8 Å². The minimum Gasteiger partial charge on any atom is -0.397 e. The monoisotopic (exact) mass is 230 g/mol. The average molecular weight is 230 g/mol. The molecule has 0 atom stereocenters. The van der Waals surface area contributed by atoms with E-state index in [2.05, 4.69) is 16.9 Å². The zero-order valence-electron chi connectivity index (χ0n) is 9.63. The standard InChI is InChI=1S/C12H14N4O/c1-2-6-16-7-5-14-12(16)11(17)10-4-3-9(13)8-15-10/h3-5,7-8H,2,6,13H2,1H3. The number of nitrogen functional groups attached to an aromatic ring is 1. The summed E-state index contributed by atoms with van der Waals surface area (Å²) in [6, 6.07) is 3.27. The molecule has 17 heavy (non-hydrogen) atoms. The molecule has 88 valence electrons. The second-order valence-electron chi connectivity index (χ2n) is 3.75. The van der Waals surface area contributed by atoms with Gasteiger partial charge in [-0.2, -0.15) is 0 Å². The van der Waals surface area contributed by atoms with E-state index >= 15 is 0 Å². The number of carbonyl (C=O) groups is 1. The lowest BCUT2D eigenvalue weighted by Crippen LogP contribution is -2.12. The molecule has 0 saturated carbocycles. The van der Waals surface area contributed by atoms with Crippen molar-refractivity contribution in [2.75, 3.05) is 5.73 Å². The minimum atomic E-state index is -0.177. The third kappa shape index (κ3) is 2.33. The maximum Gasteiger partial charge on any atom is 0.246 e. The number of nitrogens with two attached hydrogens (primary N) is 1. The summed E-state index contributed by atoms with van der Waals surface area (Å²) in [5.41, 5.74) is 6.43. The predicted molar refractivity (Wildman–Crippen MR) is 64.6 cm³/mol. The Balaban J connectivity index is 2.30. The average Bonchev–Trinajstić information content (AvgIpc) is 2.78. The van der Waals surface area contributed by atoms with Gasteiger partial charge in [-0.05, 0) is 18.6 Å². The van der Waals surface area contributed by atoms with E-state index in [1.54, 1.807) is 24.5 Å². The Kier molecular flexibility index (Phi) is 3.18. The Morgan fingerprint density at radius 1 is 1.41 bits per heavy atom. The number of aromatic nitrogens is 3. The maximum atomic E-state index is 12.1. The van der Waals surface area contributed by atoms with Crippen molar-refractivity contribution in [2.45, 2.75) is 19.9 Å². The van der Waals surface area contributed by atoms with Gasteiger partial charge >= 0.3 is 0 Å². The summed E-state index contributed by atoms with van der Waals surface area (Å²) < 4.78 is 1.83. The van der Waals surface area contributed by atoms with Crippen LogP contribution in [-0.2, 0) is 6.54 Å². The second-order valence-corrected chi connectivity index (χ2v) is 3.75. The smallest absolute Gasteiger partial charge is 0.246 e. The molecule has 0 aliphatic rings. The van der Waals surface area contributed by atoms with Crippen molar-refractivity contribution >= 4 is 11.5 Å². The Morgan fingerprint density at radius 2 is 2.24 bits per heavy atom. The van der Waals surface area contributed by atoms with Crippen LogP contribution < -0.4 is 5.73 Å². The summed E-state index contributed by atoms with van der Waals surface area (Å²) in [5, 5.41) is 0. The van der Waals surface area contributed by atoms with Crippen LogP contribution in [0.5, 0.6) is 0 Å². The number of carbonyl (C=O) groups excluding carboxylic acids is 1. The highest BCUT2D eigenvalue weighted by molar-refractivity contribution is 6.05. The van der Waals surface area contributed by atoms with E-state index in [1.807, 2.05) is 4.57 Å². The van der Waals surface area contributed by atoms with Gasteiger partial charge in [0.2, 0.25) is 5.78 Å². The fourth-order valence-electron chi connectivity index (χ4n) is 1.59. The van der Waals surface area contributed by atoms with Gasteiger partial charge in [-0.3, -0.25) is 9.78 Å². The van der Waals surface area contributed by atoms with E-state index in [0.29, 0.717) is 17.2 Å². The highest BCUT2D eigenvalue weighted by atomic mass is 16.1. The van der Waals surface area contributed by atoms with Gasteiger partial charge in [0.05, 0.1) is 11.9 Å². The fraction of sp³-hybridized carbons (Fsp3) is 0.250. The number of hydrogen-bond acceptors (Lipinski definition) is 4. The first kappa shape index (κ1) is 11.3. The molecule has 0 bridgehead atoms. The van der Waals surface area contributed by atoms with Crippen LogP contribution >= 0.6 is 0 Å².